The summed E-state index contributed by atoms with van der Waals surface area (Å²) in [7, 11) is -2.25. The number of nitrogens with one attached hydrogen (secondary N) is 3. The Bertz CT molecular complexity index is 1350. The molecule has 38 heavy (non-hydrogen) atoms. The second-order valence-corrected chi connectivity index (χ2v) is 11.7. The minimum absolute atomic E-state index is 0.104. The lowest BCUT2D eigenvalue weighted by Crippen LogP contribution is -2.39. The van der Waals surface area contributed by atoms with E-state index in [4.69, 9.17) is 4.74 Å². The molecule has 2 aromatic rings. The van der Waals surface area contributed by atoms with E-state index in [0.29, 0.717) is 36.5 Å². The van der Waals surface area contributed by atoms with Crippen LogP contribution in [0.4, 0.5) is 14.6 Å². The van der Waals surface area contributed by atoms with Gasteiger partial charge in [0.2, 0.25) is 10.0 Å². The molecule has 0 unspecified atom stereocenters. The van der Waals surface area contributed by atoms with Crippen LogP contribution in [0.25, 0.3) is 0 Å². The van der Waals surface area contributed by atoms with Gasteiger partial charge in [-0.15, -0.1) is 11.3 Å². The number of hydrogen-bond donors (Lipinski definition) is 3. The highest BCUT2D eigenvalue weighted by atomic mass is 32.2. The molecule has 1 aromatic heterocycles. The summed E-state index contributed by atoms with van der Waals surface area (Å²) in [5.41, 5.74) is 0.987. The highest BCUT2D eigenvalue weighted by Crippen LogP contribution is 2.37. The molecule has 14 heteroatoms. The van der Waals surface area contributed by atoms with E-state index in [0.717, 1.165) is 24.2 Å². The maximum atomic E-state index is 13.1. The number of hydrogen-bond acceptors (Lipinski definition) is 8. The lowest BCUT2D eigenvalue weighted by Gasteiger charge is -2.26. The number of thiophene rings is 1. The first-order valence-electron chi connectivity index (χ1n) is 12.2. The van der Waals surface area contributed by atoms with Gasteiger partial charge in [-0.3, -0.25) is 14.9 Å². The van der Waals surface area contributed by atoms with Crippen molar-refractivity contribution in [1.29, 1.82) is 0 Å². The summed E-state index contributed by atoms with van der Waals surface area (Å²) in [4.78, 5) is 52.4. The van der Waals surface area contributed by atoms with Gasteiger partial charge < -0.3 is 20.3 Å². The number of carbonyl (C=O) groups excluding carboxylic acids is 4. The van der Waals surface area contributed by atoms with Crippen LogP contribution in [0.2, 0.25) is 0 Å². The van der Waals surface area contributed by atoms with Gasteiger partial charge in [0.05, 0.1) is 23.6 Å². The number of ether oxygens (including phenoxy) is 1. The Morgan fingerprint density at radius 2 is 1.71 bits per heavy atom. The van der Waals surface area contributed by atoms with Gasteiger partial charge in [0.25, 0.3) is 11.8 Å². The van der Waals surface area contributed by atoms with Gasteiger partial charge in [-0.25, -0.2) is 18.0 Å². The molecule has 0 saturated carbocycles. The Hall–Kier alpha value is -3.49. The molecule has 3 N–H and O–H groups in total. The number of sulfonamides is 1. The number of carbonyl (C=O) groups is 4. The normalized spacial score (nSPS) is 15.5. The van der Waals surface area contributed by atoms with Crippen LogP contribution in [-0.4, -0.2) is 74.9 Å². The van der Waals surface area contributed by atoms with Crippen LogP contribution >= 0.6 is 11.3 Å². The first-order valence-corrected chi connectivity index (χ1v) is 14.4. The molecule has 1 aromatic carbocycles. The molecule has 4 rings (SSSR count). The minimum Gasteiger partial charge on any atom is -0.450 e. The molecule has 1 fully saturated rings. The van der Waals surface area contributed by atoms with Gasteiger partial charge in [-0.1, -0.05) is 0 Å². The molecule has 0 radical (unpaired) electrons. The molecule has 0 atom stereocenters. The van der Waals surface area contributed by atoms with Crippen molar-refractivity contribution in [2.75, 3.05) is 38.6 Å². The number of benzene rings is 1. The monoisotopic (exact) mass is 563 g/mol. The maximum Gasteiger partial charge on any atom is 0.410 e. The SMILES string of the molecule is CCOC(=O)N1CCc2c(sc(NC(=O)c3ccc(S(=O)(=O)N4CCCC4)cc3)c2C(=O)NC(=O)NC)C1. The third-order valence-electron chi connectivity index (χ3n) is 6.31. The minimum atomic E-state index is -3.62. The third-order valence-corrected chi connectivity index (χ3v) is 9.36. The Kier molecular flexibility index (Phi) is 8.33. The summed E-state index contributed by atoms with van der Waals surface area (Å²) in [6.07, 6.45) is 1.49. The van der Waals surface area contributed by atoms with Gasteiger partial charge in [0, 0.05) is 37.1 Å². The van der Waals surface area contributed by atoms with Crippen molar-refractivity contribution in [2.45, 2.75) is 37.6 Å². The van der Waals surface area contributed by atoms with E-state index in [1.165, 1.54) is 40.5 Å². The maximum absolute atomic E-state index is 13.1. The Morgan fingerprint density at radius 3 is 2.34 bits per heavy atom. The average Bonchev–Trinajstić information content (AvgIpc) is 3.57. The van der Waals surface area contributed by atoms with Crippen LogP contribution in [0.15, 0.2) is 29.2 Å². The Morgan fingerprint density at radius 1 is 1.03 bits per heavy atom. The number of anilines is 1. The van der Waals surface area contributed by atoms with E-state index in [-0.39, 0.29) is 34.2 Å². The van der Waals surface area contributed by atoms with E-state index in [2.05, 4.69) is 16.0 Å². The zero-order valence-corrected chi connectivity index (χ0v) is 22.7. The van der Waals surface area contributed by atoms with Gasteiger partial charge in [-0.05, 0) is 56.0 Å². The number of fused-ring (bicyclic) bond motifs is 1. The summed E-state index contributed by atoms with van der Waals surface area (Å²) < 4.78 is 32.1. The van der Waals surface area contributed by atoms with E-state index in [1.807, 2.05) is 0 Å². The number of rotatable bonds is 6. The fraction of sp³-hybridized carbons (Fsp3) is 0.417. The molecule has 2 aliphatic rings. The van der Waals surface area contributed by atoms with Crippen molar-refractivity contribution in [2.24, 2.45) is 0 Å². The highest BCUT2D eigenvalue weighted by Gasteiger charge is 2.32. The van der Waals surface area contributed by atoms with Crippen LogP contribution in [0.3, 0.4) is 0 Å². The molecule has 0 aliphatic carbocycles. The predicted octanol–water partition coefficient (Wildman–Crippen LogP) is 2.37. The van der Waals surface area contributed by atoms with Gasteiger partial charge >= 0.3 is 12.1 Å². The van der Waals surface area contributed by atoms with Gasteiger partial charge in [0.15, 0.2) is 0 Å². The molecule has 5 amide bonds. The van der Waals surface area contributed by atoms with E-state index < -0.39 is 34.0 Å². The highest BCUT2D eigenvalue weighted by molar-refractivity contribution is 7.89. The fourth-order valence-electron chi connectivity index (χ4n) is 4.36. The summed E-state index contributed by atoms with van der Waals surface area (Å²) >= 11 is 1.13. The number of amides is 5. The largest absolute Gasteiger partial charge is 0.450 e. The summed E-state index contributed by atoms with van der Waals surface area (Å²) in [6.45, 7) is 3.39. The van der Waals surface area contributed by atoms with Crippen LogP contribution in [-0.2, 0) is 27.7 Å². The molecule has 12 nitrogen and oxygen atoms in total. The zero-order chi connectivity index (χ0) is 27.4. The van der Waals surface area contributed by atoms with Crippen LogP contribution in [0.1, 0.15) is 50.9 Å². The molecule has 1 saturated heterocycles. The second-order valence-electron chi connectivity index (χ2n) is 8.70. The van der Waals surface area contributed by atoms with Crippen LogP contribution < -0.4 is 16.0 Å². The number of urea groups is 1. The Balaban J connectivity index is 1.58. The zero-order valence-electron chi connectivity index (χ0n) is 21.0. The summed E-state index contributed by atoms with van der Waals surface area (Å²) in [6, 6.07) is 4.90. The summed E-state index contributed by atoms with van der Waals surface area (Å²) in [5, 5.41) is 7.51. The fourth-order valence-corrected chi connectivity index (χ4v) is 7.13. The molecule has 2 aliphatic heterocycles. The van der Waals surface area contributed by atoms with Crippen molar-refractivity contribution >= 4 is 50.3 Å². The standard InChI is InChI=1S/C24H29N5O7S2/c1-3-36-24(33)28-13-10-17-18(14-28)37-22(19(17)21(31)27-23(32)25-2)26-20(30)15-6-8-16(9-7-15)38(34,35)29-11-4-5-12-29/h6-9H,3-5,10-14H2,1-2H3,(H,26,30)(H2,25,27,31,32). The van der Waals surface area contributed by atoms with Gasteiger partial charge in [-0.2, -0.15) is 4.31 Å². The lowest BCUT2D eigenvalue weighted by atomic mass is 10.0. The smallest absolute Gasteiger partial charge is 0.410 e. The first kappa shape index (κ1) is 27.5. The molecule has 3 heterocycles. The van der Waals surface area contributed by atoms with Crippen LogP contribution in [0.5, 0.6) is 0 Å². The number of nitrogens with zero attached hydrogens (tertiary/aromatic N) is 2. The average molecular weight is 564 g/mol. The lowest BCUT2D eigenvalue weighted by molar-refractivity contribution is 0.0963. The summed E-state index contributed by atoms with van der Waals surface area (Å²) in [5.74, 6) is -1.24. The number of imide groups is 1. The Labute approximate surface area is 224 Å². The molecular weight excluding hydrogens is 534 g/mol. The quantitative estimate of drug-likeness (QED) is 0.487. The van der Waals surface area contributed by atoms with Gasteiger partial charge in [0.1, 0.15) is 5.00 Å². The molecular formula is C24H29N5O7S2. The van der Waals surface area contributed by atoms with Crippen LogP contribution in [0, 0.1) is 0 Å². The first-order chi connectivity index (χ1) is 18.1. The van der Waals surface area contributed by atoms with Crippen molar-refractivity contribution in [3.8, 4) is 0 Å². The topological polar surface area (TPSA) is 154 Å². The van der Waals surface area contributed by atoms with E-state index >= 15 is 0 Å². The second kappa shape index (κ2) is 11.5. The predicted molar refractivity (Wildman–Crippen MR) is 140 cm³/mol. The van der Waals surface area contributed by atoms with Crippen molar-refractivity contribution < 1.29 is 32.3 Å². The van der Waals surface area contributed by atoms with Crippen molar-refractivity contribution in [1.82, 2.24) is 19.8 Å². The van der Waals surface area contributed by atoms with Crippen molar-refractivity contribution in [3.63, 3.8) is 0 Å². The molecule has 204 valence electrons. The molecule has 0 spiro atoms. The third kappa shape index (κ3) is 5.66. The van der Waals surface area contributed by atoms with Crippen molar-refractivity contribution in [3.05, 3.63) is 45.8 Å². The van der Waals surface area contributed by atoms with E-state index in [1.54, 1.807) is 6.92 Å². The van der Waals surface area contributed by atoms with E-state index in [9.17, 15) is 27.6 Å². The molecule has 0 bridgehead atoms.